The van der Waals surface area contributed by atoms with Gasteiger partial charge < -0.3 is 9.77 Å². The average molecular weight is 365 g/mol. The van der Waals surface area contributed by atoms with E-state index >= 15 is 0 Å². The molecule has 0 saturated carbocycles. The summed E-state index contributed by atoms with van der Waals surface area (Å²) in [5.74, 6) is -0.567. The molecule has 0 bridgehead atoms. The van der Waals surface area contributed by atoms with E-state index in [-0.39, 0.29) is 0 Å². The van der Waals surface area contributed by atoms with Crippen molar-refractivity contribution in [2.24, 2.45) is 0 Å². The molecule has 0 saturated heterocycles. The Bertz CT molecular complexity index is 861. The van der Waals surface area contributed by atoms with Gasteiger partial charge in [0.1, 0.15) is 13.6 Å². The average Bonchev–Trinajstić information content (AvgIpc) is 2.63. The van der Waals surface area contributed by atoms with Crippen LogP contribution in [0, 0.1) is 13.8 Å². The molecule has 26 heavy (non-hydrogen) atoms. The van der Waals surface area contributed by atoms with Gasteiger partial charge in [0.05, 0.1) is 6.54 Å². The first kappa shape index (κ1) is 18.6. The lowest BCUT2D eigenvalue weighted by molar-refractivity contribution is -0.113. The molecule has 1 N–H and O–H groups in total. The molecule has 134 valence electrons. The zero-order chi connectivity index (χ0) is 18.5. The van der Waals surface area contributed by atoms with Crippen molar-refractivity contribution in [3.8, 4) is 0 Å². The van der Waals surface area contributed by atoms with Crippen LogP contribution in [0.25, 0.3) is 0 Å². The smallest absolute Gasteiger partial charge is 0.127 e. The number of hydrogen-bond acceptors (Lipinski definition) is 3. The minimum Gasteiger partial charge on any atom is -0.320 e. The third-order valence-electron chi connectivity index (χ3n) is 4.36. The van der Waals surface area contributed by atoms with Crippen LogP contribution in [0.15, 0.2) is 78.9 Å². The number of hydrogen-bond donors (Lipinski definition) is 1. The second kappa shape index (κ2) is 8.46. The number of rotatable bonds is 6. The molecule has 3 aromatic rings. The summed E-state index contributed by atoms with van der Waals surface area (Å²) in [5.41, 5.74) is 4.00. The van der Waals surface area contributed by atoms with Gasteiger partial charge in [0.15, 0.2) is 0 Å². The van der Waals surface area contributed by atoms with Gasteiger partial charge in [0.25, 0.3) is 0 Å². The van der Waals surface area contributed by atoms with Crippen molar-refractivity contribution >= 4 is 13.1 Å². The zero-order valence-corrected chi connectivity index (χ0v) is 16.1. The molecule has 0 fully saturated rings. The summed E-state index contributed by atoms with van der Waals surface area (Å²) in [7, 11) is -2.29. The summed E-state index contributed by atoms with van der Waals surface area (Å²) in [6.45, 7) is 4.33. The van der Waals surface area contributed by atoms with E-state index in [9.17, 15) is 9.77 Å². The minimum absolute atomic E-state index is 0.321. The van der Waals surface area contributed by atoms with Gasteiger partial charge in [-0.1, -0.05) is 77.9 Å². The molecule has 0 heterocycles. The first-order chi connectivity index (χ1) is 12.5. The SMILES string of the molecule is Cc1cc(C)cc([PH](=O)C(c2ccccc2)N(O)Cc2ccccc2)c1. The number of hydroxylamine groups is 2. The van der Waals surface area contributed by atoms with Crippen LogP contribution in [-0.2, 0) is 11.1 Å². The number of benzene rings is 3. The molecule has 0 aromatic heterocycles. The Labute approximate surface area is 155 Å². The Hall–Kier alpha value is -2.19. The molecule has 3 rings (SSSR count). The third-order valence-corrected chi connectivity index (χ3v) is 6.34. The zero-order valence-electron chi connectivity index (χ0n) is 15.1. The van der Waals surface area contributed by atoms with Crippen LogP contribution in [0.1, 0.15) is 28.0 Å². The predicted octanol–water partition coefficient (Wildman–Crippen LogP) is 5.08. The molecular weight excluding hydrogens is 341 g/mol. The molecule has 0 spiro atoms. The van der Waals surface area contributed by atoms with Crippen molar-refractivity contribution in [1.29, 1.82) is 0 Å². The lowest BCUT2D eigenvalue weighted by atomic mass is 10.2. The van der Waals surface area contributed by atoms with Crippen molar-refractivity contribution in [3.63, 3.8) is 0 Å². The highest BCUT2D eigenvalue weighted by Gasteiger charge is 2.26. The van der Waals surface area contributed by atoms with E-state index in [0.29, 0.717) is 6.54 Å². The molecule has 4 heteroatoms. The van der Waals surface area contributed by atoms with Crippen molar-refractivity contribution in [2.45, 2.75) is 26.2 Å². The molecule has 0 aliphatic heterocycles. The first-order valence-electron chi connectivity index (χ1n) is 8.71. The van der Waals surface area contributed by atoms with Crippen molar-refractivity contribution in [3.05, 3.63) is 101 Å². The van der Waals surface area contributed by atoms with E-state index in [4.69, 9.17) is 0 Å². The fraction of sp³-hybridized carbons (Fsp3) is 0.182. The fourth-order valence-electron chi connectivity index (χ4n) is 3.23. The van der Waals surface area contributed by atoms with Crippen molar-refractivity contribution in [1.82, 2.24) is 5.06 Å². The summed E-state index contributed by atoms with van der Waals surface area (Å²) in [4.78, 5) is 0. The molecular formula is C22H24NO2P. The quantitative estimate of drug-likeness (QED) is 0.489. The van der Waals surface area contributed by atoms with Crippen LogP contribution in [0.3, 0.4) is 0 Å². The maximum absolute atomic E-state index is 13.5. The van der Waals surface area contributed by atoms with Gasteiger partial charge in [-0.3, -0.25) is 0 Å². The van der Waals surface area contributed by atoms with Gasteiger partial charge in [-0.25, -0.2) is 0 Å². The van der Waals surface area contributed by atoms with E-state index in [1.807, 2.05) is 86.6 Å². The molecule has 3 nitrogen and oxygen atoms in total. The van der Waals surface area contributed by atoms with Gasteiger partial charge in [0.2, 0.25) is 0 Å². The highest BCUT2D eigenvalue weighted by molar-refractivity contribution is 7.53. The Balaban J connectivity index is 1.96. The molecule has 3 aromatic carbocycles. The molecule has 0 aliphatic carbocycles. The maximum atomic E-state index is 13.5. The molecule has 0 radical (unpaired) electrons. The van der Waals surface area contributed by atoms with Gasteiger partial charge in [0, 0.05) is 5.30 Å². The predicted molar refractivity (Wildman–Crippen MR) is 108 cm³/mol. The van der Waals surface area contributed by atoms with E-state index in [2.05, 4.69) is 6.07 Å². The lowest BCUT2D eigenvalue weighted by Crippen LogP contribution is -2.24. The summed E-state index contributed by atoms with van der Waals surface area (Å²) in [6, 6.07) is 25.3. The van der Waals surface area contributed by atoms with Gasteiger partial charge >= 0.3 is 0 Å². The topological polar surface area (TPSA) is 40.5 Å². The summed E-state index contributed by atoms with van der Waals surface area (Å²) in [5, 5.41) is 12.9. The number of aryl methyl sites for hydroxylation is 2. The highest BCUT2D eigenvalue weighted by Crippen LogP contribution is 2.43. The molecule has 2 unspecified atom stereocenters. The number of nitrogens with zero attached hydrogens (tertiary/aromatic N) is 1. The second-order valence-corrected chi connectivity index (χ2v) is 8.49. The van der Waals surface area contributed by atoms with Gasteiger partial charge in [-0.2, -0.15) is 5.06 Å². The van der Waals surface area contributed by atoms with Gasteiger partial charge in [-0.15, -0.1) is 0 Å². The Kier molecular flexibility index (Phi) is 6.05. The van der Waals surface area contributed by atoms with E-state index in [1.165, 1.54) is 5.06 Å². The standard InChI is InChI=1S/C22H24NO2P/c1-17-13-18(2)15-21(14-17)26(25)22(20-11-7-4-8-12-20)23(24)16-19-9-5-3-6-10-19/h3-15,22,24,26H,16H2,1-2H3. The van der Waals surface area contributed by atoms with Crippen LogP contribution in [0.5, 0.6) is 0 Å². The monoisotopic (exact) mass is 365 g/mol. The minimum atomic E-state index is -2.29. The normalized spacial score (nSPS) is 13.5. The van der Waals surface area contributed by atoms with Crippen LogP contribution in [-0.4, -0.2) is 10.3 Å². The van der Waals surface area contributed by atoms with Crippen LogP contribution < -0.4 is 5.30 Å². The highest BCUT2D eigenvalue weighted by atomic mass is 31.1. The molecule has 0 amide bonds. The summed E-state index contributed by atoms with van der Waals surface area (Å²) >= 11 is 0. The maximum Gasteiger partial charge on any atom is 0.127 e. The largest absolute Gasteiger partial charge is 0.320 e. The first-order valence-corrected chi connectivity index (χ1v) is 10.2. The summed E-state index contributed by atoms with van der Waals surface area (Å²) in [6.07, 6.45) is 0. The summed E-state index contributed by atoms with van der Waals surface area (Å²) < 4.78 is 13.5. The van der Waals surface area contributed by atoms with Crippen LogP contribution in [0.2, 0.25) is 0 Å². The third kappa shape index (κ3) is 4.50. The molecule has 0 aliphatic rings. The van der Waals surface area contributed by atoms with Crippen LogP contribution in [0.4, 0.5) is 0 Å². The van der Waals surface area contributed by atoms with E-state index < -0.39 is 13.6 Å². The van der Waals surface area contributed by atoms with E-state index in [1.54, 1.807) is 0 Å². The fourth-order valence-corrected chi connectivity index (χ4v) is 5.14. The van der Waals surface area contributed by atoms with E-state index in [0.717, 1.165) is 27.6 Å². The van der Waals surface area contributed by atoms with Crippen molar-refractivity contribution < 1.29 is 9.77 Å². The van der Waals surface area contributed by atoms with Gasteiger partial charge in [-0.05, 0) is 37.1 Å². The lowest BCUT2D eigenvalue weighted by Gasteiger charge is -2.26. The Morgan fingerprint density at radius 2 is 1.42 bits per heavy atom. The van der Waals surface area contributed by atoms with Crippen molar-refractivity contribution in [2.75, 3.05) is 0 Å². The van der Waals surface area contributed by atoms with Crippen LogP contribution >= 0.6 is 7.80 Å². The molecule has 2 atom stereocenters. The Morgan fingerprint density at radius 1 is 0.885 bits per heavy atom. The second-order valence-electron chi connectivity index (χ2n) is 6.64. The Morgan fingerprint density at radius 3 is 2.00 bits per heavy atom.